The Labute approximate surface area is 84.7 Å². The number of hydrogen-bond acceptors (Lipinski definition) is 3. The van der Waals surface area contributed by atoms with Crippen LogP contribution < -0.4 is 5.32 Å². The molecule has 0 bridgehead atoms. The quantitative estimate of drug-likeness (QED) is 0.754. The molecule has 0 unspecified atom stereocenters. The van der Waals surface area contributed by atoms with Crippen LogP contribution in [0.3, 0.4) is 0 Å². The summed E-state index contributed by atoms with van der Waals surface area (Å²) in [5, 5.41) is 10.3. The first-order valence-electron chi connectivity index (χ1n) is 5.22. The molecule has 1 aliphatic heterocycles. The second kappa shape index (κ2) is 4.00. The monoisotopic (exact) mass is 194 g/mol. The molecule has 0 radical (unpaired) electrons. The zero-order chi connectivity index (χ0) is 9.97. The number of anilines is 1. The van der Waals surface area contributed by atoms with Crippen LogP contribution in [0.15, 0.2) is 6.20 Å². The van der Waals surface area contributed by atoms with Gasteiger partial charge in [-0.05, 0) is 12.8 Å². The van der Waals surface area contributed by atoms with Gasteiger partial charge in [0, 0.05) is 26.2 Å². The molecule has 2 N–H and O–H groups in total. The SMILES string of the molecule is Cc1[nH]ncc1NCCN1CC(C)C1. The fourth-order valence-corrected chi connectivity index (χ4v) is 1.89. The number of nitrogens with one attached hydrogen (secondary N) is 2. The number of aromatic amines is 1. The Hall–Kier alpha value is -1.03. The van der Waals surface area contributed by atoms with E-state index in [1.54, 1.807) is 0 Å². The number of hydrogen-bond donors (Lipinski definition) is 2. The van der Waals surface area contributed by atoms with E-state index < -0.39 is 0 Å². The van der Waals surface area contributed by atoms with E-state index in [1.807, 2.05) is 13.1 Å². The Morgan fingerprint density at radius 2 is 2.43 bits per heavy atom. The van der Waals surface area contributed by atoms with Crippen LogP contribution >= 0.6 is 0 Å². The largest absolute Gasteiger partial charge is 0.381 e. The zero-order valence-corrected chi connectivity index (χ0v) is 8.88. The second-order valence-electron chi connectivity index (χ2n) is 4.20. The van der Waals surface area contributed by atoms with Gasteiger partial charge in [-0.15, -0.1) is 0 Å². The van der Waals surface area contributed by atoms with E-state index >= 15 is 0 Å². The predicted molar refractivity (Wildman–Crippen MR) is 57.4 cm³/mol. The molecular weight excluding hydrogens is 176 g/mol. The minimum absolute atomic E-state index is 0.894. The van der Waals surface area contributed by atoms with E-state index in [1.165, 1.54) is 13.1 Å². The standard InChI is InChI=1S/C10H18N4/c1-8-6-14(7-8)4-3-11-10-5-12-13-9(10)2/h5,8,11H,3-4,6-7H2,1-2H3,(H,12,13). The highest BCUT2D eigenvalue weighted by Crippen LogP contribution is 2.13. The summed E-state index contributed by atoms with van der Waals surface area (Å²) in [5.41, 5.74) is 2.24. The lowest BCUT2D eigenvalue weighted by Gasteiger charge is -2.37. The second-order valence-corrected chi connectivity index (χ2v) is 4.20. The number of likely N-dealkylation sites (tertiary alicyclic amines) is 1. The normalized spacial score (nSPS) is 18.1. The average Bonchev–Trinajstić information content (AvgIpc) is 2.49. The molecule has 0 amide bonds. The van der Waals surface area contributed by atoms with Crippen molar-refractivity contribution < 1.29 is 0 Å². The summed E-state index contributed by atoms with van der Waals surface area (Å²) in [6.45, 7) is 8.98. The van der Waals surface area contributed by atoms with Crippen molar-refractivity contribution in [1.29, 1.82) is 0 Å². The van der Waals surface area contributed by atoms with Gasteiger partial charge in [0.25, 0.3) is 0 Å². The van der Waals surface area contributed by atoms with E-state index in [0.717, 1.165) is 30.4 Å². The number of aryl methyl sites for hydroxylation is 1. The van der Waals surface area contributed by atoms with Crippen LogP contribution in [0.1, 0.15) is 12.6 Å². The van der Waals surface area contributed by atoms with Crippen LogP contribution in [-0.4, -0.2) is 41.3 Å². The third-order valence-corrected chi connectivity index (χ3v) is 2.71. The van der Waals surface area contributed by atoms with Crippen LogP contribution in [0.25, 0.3) is 0 Å². The van der Waals surface area contributed by atoms with Crippen LogP contribution in [0.5, 0.6) is 0 Å². The lowest BCUT2D eigenvalue weighted by Crippen LogP contribution is -2.46. The summed E-state index contributed by atoms with van der Waals surface area (Å²) in [6.07, 6.45) is 1.84. The van der Waals surface area contributed by atoms with Gasteiger partial charge in [-0.3, -0.25) is 5.10 Å². The molecule has 0 aromatic carbocycles. The molecule has 2 heterocycles. The Bertz CT molecular complexity index is 288. The topological polar surface area (TPSA) is 44.0 Å². The Morgan fingerprint density at radius 3 is 3.00 bits per heavy atom. The van der Waals surface area contributed by atoms with Gasteiger partial charge < -0.3 is 10.2 Å². The van der Waals surface area contributed by atoms with Crippen LogP contribution in [0.2, 0.25) is 0 Å². The van der Waals surface area contributed by atoms with Gasteiger partial charge in [0.05, 0.1) is 17.6 Å². The molecular formula is C10H18N4. The summed E-state index contributed by atoms with van der Waals surface area (Å²) in [4.78, 5) is 2.47. The molecule has 1 aliphatic rings. The molecule has 14 heavy (non-hydrogen) atoms. The van der Waals surface area contributed by atoms with Crippen molar-refractivity contribution in [3.63, 3.8) is 0 Å². The third-order valence-electron chi connectivity index (χ3n) is 2.71. The maximum absolute atomic E-state index is 3.96. The summed E-state index contributed by atoms with van der Waals surface area (Å²) < 4.78 is 0. The van der Waals surface area contributed by atoms with Crippen molar-refractivity contribution in [2.24, 2.45) is 5.92 Å². The molecule has 1 fully saturated rings. The van der Waals surface area contributed by atoms with Crippen molar-refractivity contribution in [2.45, 2.75) is 13.8 Å². The van der Waals surface area contributed by atoms with Gasteiger partial charge in [0.2, 0.25) is 0 Å². The highest BCUT2D eigenvalue weighted by molar-refractivity contribution is 5.44. The molecule has 0 spiro atoms. The van der Waals surface area contributed by atoms with Gasteiger partial charge in [0.1, 0.15) is 0 Å². The number of H-pyrrole nitrogens is 1. The van der Waals surface area contributed by atoms with Crippen molar-refractivity contribution in [3.05, 3.63) is 11.9 Å². The molecule has 78 valence electrons. The predicted octanol–water partition coefficient (Wildman–Crippen LogP) is 1.08. The van der Waals surface area contributed by atoms with Crippen LogP contribution in [0.4, 0.5) is 5.69 Å². The molecule has 0 atom stereocenters. The average molecular weight is 194 g/mol. The first kappa shape index (κ1) is 9.52. The number of nitrogens with zero attached hydrogens (tertiary/aromatic N) is 2. The smallest absolute Gasteiger partial charge is 0.0753 e. The molecule has 1 saturated heterocycles. The lowest BCUT2D eigenvalue weighted by molar-refractivity contribution is 0.119. The van der Waals surface area contributed by atoms with E-state index in [4.69, 9.17) is 0 Å². The van der Waals surface area contributed by atoms with Crippen LogP contribution in [0, 0.1) is 12.8 Å². The van der Waals surface area contributed by atoms with Gasteiger partial charge >= 0.3 is 0 Å². The highest BCUT2D eigenvalue weighted by atomic mass is 15.2. The third kappa shape index (κ3) is 2.07. The van der Waals surface area contributed by atoms with E-state index in [2.05, 4.69) is 27.3 Å². The van der Waals surface area contributed by atoms with E-state index in [-0.39, 0.29) is 0 Å². The minimum Gasteiger partial charge on any atom is -0.381 e. The molecule has 4 heteroatoms. The molecule has 1 aromatic rings. The van der Waals surface area contributed by atoms with Gasteiger partial charge in [-0.25, -0.2) is 0 Å². The Morgan fingerprint density at radius 1 is 1.64 bits per heavy atom. The minimum atomic E-state index is 0.894. The van der Waals surface area contributed by atoms with Gasteiger partial charge in [-0.2, -0.15) is 5.10 Å². The van der Waals surface area contributed by atoms with Crippen molar-refractivity contribution in [3.8, 4) is 0 Å². The zero-order valence-electron chi connectivity index (χ0n) is 8.88. The first-order chi connectivity index (χ1) is 6.75. The van der Waals surface area contributed by atoms with Crippen molar-refractivity contribution >= 4 is 5.69 Å². The number of rotatable bonds is 4. The van der Waals surface area contributed by atoms with Gasteiger partial charge in [-0.1, -0.05) is 6.92 Å². The van der Waals surface area contributed by atoms with E-state index in [0.29, 0.717) is 0 Å². The first-order valence-corrected chi connectivity index (χ1v) is 5.22. The Balaban J connectivity index is 1.66. The maximum atomic E-state index is 3.96. The lowest BCUT2D eigenvalue weighted by atomic mass is 10.0. The number of aromatic nitrogens is 2. The van der Waals surface area contributed by atoms with Crippen molar-refractivity contribution in [1.82, 2.24) is 15.1 Å². The summed E-state index contributed by atoms with van der Waals surface area (Å²) in [7, 11) is 0. The molecule has 4 nitrogen and oxygen atoms in total. The maximum Gasteiger partial charge on any atom is 0.0753 e. The highest BCUT2D eigenvalue weighted by Gasteiger charge is 2.21. The molecule has 0 aliphatic carbocycles. The fraction of sp³-hybridized carbons (Fsp3) is 0.700. The van der Waals surface area contributed by atoms with Crippen molar-refractivity contribution in [2.75, 3.05) is 31.5 Å². The Kier molecular flexibility index (Phi) is 2.72. The molecule has 2 rings (SSSR count). The van der Waals surface area contributed by atoms with Crippen LogP contribution in [-0.2, 0) is 0 Å². The summed E-state index contributed by atoms with van der Waals surface area (Å²) in [5.74, 6) is 0.894. The van der Waals surface area contributed by atoms with E-state index in [9.17, 15) is 0 Å². The molecule has 1 aromatic heterocycles. The van der Waals surface area contributed by atoms with Gasteiger partial charge in [0.15, 0.2) is 0 Å². The fourth-order valence-electron chi connectivity index (χ4n) is 1.89. The molecule has 0 saturated carbocycles. The summed E-state index contributed by atoms with van der Waals surface area (Å²) >= 11 is 0. The summed E-state index contributed by atoms with van der Waals surface area (Å²) in [6, 6.07) is 0.